The van der Waals surface area contributed by atoms with Gasteiger partial charge in [0, 0.05) is 16.8 Å². The van der Waals surface area contributed by atoms with Crippen LogP contribution in [0.25, 0.3) is 6.08 Å². The smallest absolute Gasteiger partial charge is 0.244 e. The standard InChI is InChI=1S/C12H13ClN2O/c1-9(13)8-15-12(16)6-5-10-3-2-4-11(14)7-10/h2-7H,1,8,14H2,(H,15,16)/b6-5+. The molecule has 0 aliphatic heterocycles. The fourth-order valence-electron chi connectivity index (χ4n) is 1.08. The predicted molar refractivity (Wildman–Crippen MR) is 67.9 cm³/mol. The zero-order valence-corrected chi connectivity index (χ0v) is 9.50. The summed E-state index contributed by atoms with van der Waals surface area (Å²) < 4.78 is 0. The van der Waals surface area contributed by atoms with Crippen LogP contribution in [0.5, 0.6) is 0 Å². The average molecular weight is 237 g/mol. The summed E-state index contributed by atoms with van der Waals surface area (Å²) in [6.45, 7) is 3.73. The maximum absolute atomic E-state index is 11.3. The van der Waals surface area contributed by atoms with E-state index in [1.807, 2.05) is 12.1 Å². The molecular weight excluding hydrogens is 224 g/mol. The number of hydrogen-bond donors (Lipinski definition) is 2. The molecule has 3 N–H and O–H groups in total. The van der Waals surface area contributed by atoms with Gasteiger partial charge in [-0.1, -0.05) is 30.3 Å². The van der Waals surface area contributed by atoms with E-state index in [0.717, 1.165) is 5.56 Å². The Morgan fingerprint density at radius 1 is 1.56 bits per heavy atom. The van der Waals surface area contributed by atoms with E-state index in [1.165, 1.54) is 6.08 Å². The van der Waals surface area contributed by atoms with Gasteiger partial charge in [0.25, 0.3) is 0 Å². The molecule has 0 saturated carbocycles. The van der Waals surface area contributed by atoms with E-state index < -0.39 is 0 Å². The summed E-state index contributed by atoms with van der Waals surface area (Å²) in [4.78, 5) is 11.3. The topological polar surface area (TPSA) is 55.1 Å². The van der Waals surface area contributed by atoms with Gasteiger partial charge in [-0.15, -0.1) is 0 Å². The maximum Gasteiger partial charge on any atom is 0.244 e. The molecule has 0 heterocycles. The van der Waals surface area contributed by atoms with Crippen LogP contribution in [0.1, 0.15) is 5.56 Å². The maximum atomic E-state index is 11.3. The number of nitrogens with one attached hydrogen (secondary N) is 1. The Balaban J connectivity index is 2.53. The molecule has 4 heteroatoms. The van der Waals surface area contributed by atoms with Crippen molar-refractivity contribution in [1.29, 1.82) is 0 Å². The van der Waals surface area contributed by atoms with E-state index in [9.17, 15) is 4.79 Å². The zero-order valence-electron chi connectivity index (χ0n) is 8.74. The summed E-state index contributed by atoms with van der Waals surface area (Å²) in [5.41, 5.74) is 7.14. The molecule has 0 saturated heterocycles. The van der Waals surface area contributed by atoms with Crippen molar-refractivity contribution in [3.05, 3.63) is 47.5 Å². The van der Waals surface area contributed by atoms with Crippen molar-refractivity contribution in [3.8, 4) is 0 Å². The average Bonchev–Trinajstić information content (AvgIpc) is 2.23. The van der Waals surface area contributed by atoms with Gasteiger partial charge in [-0.2, -0.15) is 0 Å². The predicted octanol–water partition coefficient (Wildman–Crippen LogP) is 2.15. The van der Waals surface area contributed by atoms with Crippen molar-refractivity contribution >= 4 is 29.3 Å². The van der Waals surface area contributed by atoms with Gasteiger partial charge in [0.05, 0.1) is 6.54 Å². The van der Waals surface area contributed by atoms with Crippen LogP contribution in [0.3, 0.4) is 0 Å². The number of hydrogen-bond acceptors (Lipinski definition) is 2. The molecule has 0 spiro atoms. The van der Waals surface area contributed by atoms with Gasteiger partial charge in [-0.3, -0.25) is 4.79 Å². The molecule has 0 atom stereocenters. The van der Waals surface area contributed by atoms with Crippen molar-refractivity contribution in [2.24, 2.45) is 0 Å². The van der Waals surface area contributed by atoms with E-state index in [4.69, 9.17) is 17.3 Å². The van der Waals surface area contributed by atoms with Crippen molar-refractivity contribution in [1.82, 2.24) is 5.32 Å². The molecule has 0 aromatic heterocycles. The largest absolute Gasteiger partial charge is 0.399 e. The third kappa shape index (κ3) is 4.66. The Hall–Kier alpha value is -1.74. The van der Waals surface area contributed by atoms with Crippen molar-refractivity contribution in [2.75, 3.05) is 12.3 Å². The van der Waals surface area contributed by atoms with Gasteiger partial charge in [0.1, 0.15) is 0 Å². The normalized spacial score (nSPS) is 10.3. The van der Waals surface area contributed by atoms with Crippen molar-refractivity contribution < 1.29 is 4.79 Å². The van der Waals surface area contributed by atoms with Gasteiger partial charge < -0.3 is 11.1 Å². The summed E-state index contributed by atoms with van der Waals surface area (Å²) >= 11 is 5.51. The third-order valence-corrected chi connectivity index (χ3v) is 1.93. The molecule has 0 aliphatic carbocycles. The molecule has 0 radical (unpaired) electrons. The first-order chi connectivity index (χ1) is 7.58. The van der Waals surface area contributed by atoms with Crippen molar-refractivity contribution in [3.63, 3.8) is 0 Å². The molecule has 1 aromatic carbocycles. The number of benzene rings is 1. The van der Waals surface area contributed by atoms with Crippen LogP contribution < -0.4 is 11.1 Å². The van der Waals surface area contributed by atoms with Crippen LogP contribution in [0.4, 0.5) is 5.69 Å². The molecule has 84 valence electrons. The van der Waals surface area contributed by atoms with E-state index in [-0.39, 0.29) is 12.5 Å². The first-order valence-corrected chi connectivity index (χ1v) is 5.10. The lowest BCUT2D eigenvalue weighted by molar-refractivity contribution is -0.116. The third-order valence-electron chi connectivity index (χ3n) is 1.79. The molecule has 0 bridgehead atoms. The first kappa shape index (κ1) is 12.3. The van der Waals surface area contributed by atoms with Crippen molar-refractivity contribution in [2.45, 2.75) is 0 Å². The molecule has 16 heavy (non-hydrogen) atoms. The molecule has 1 rings (SSSR count). The fraction of sp³-hybridized carbons (Fsp3) is 0.0833. The lowest BCUT2D eigenvalue weighted by Crippen LogP contribution is -2.21. The first-order valence-electron chi connectivity index (χ1n) is 4.72. The van der Waals surface area contributed by atoms with Gasteiger partial charge >= 0.3 is 0 Å². The Morgan fingerprint density at radius 2 is 2.31 bits per heavy atom. The van der Waals surface area contributed by atoms with E-state index in [0.29, 0.717) is 10.7 Å². The SMILES string of the molecule is C=C(Cl)CNC(=O)/C=C/c1cccc(N)c1. The number of rotatable bonds is 4. The molecule has 0 fully saturated rings. The lowest BCUT2D eigenvalue weighted by Gasteiger charge is -1.99. The number of amides is 1. The monoisotopic (exact) mass is 236 g/mol. The summed E-state index contributed by atoms with van der Waals surface area (Å²) in [5.74, 6) is -0.218. The molecular formula is C12H13ClN2O. The molecule has 0 aliphatic rings. The van der Waals surface area contributed by atoms with Crippen LogP contribution in [0, 0.1) is 0 Å². The summed E-state index contributed by atoms with van der Waals surface area (Å²) in [7, 11) is 0. The second-order valence-corrected chi connectivity index (χ2v) is 3.77. The number of carbonyl (C=O) groups is 1. The highest BCUT2D eigenvalue weighted by atomic mass is 35.5. The Morgan fingerprint density at radius 3 is 2.94 bits per heavy atom. The minimum absolute atomic E-state index is 0.218. The minimum Gasteiger partial charge on any atom is -0.399 e. The summed E-state index contributed by atoms with van der Waals surface area (Å²) in [6.07, 6.45) is 3.11. The highest BCUT2D eigenvalue weighted by Gasteiger charge is 1.95. The Kier molecular flexibility index (Phi) is 4.61. The highest BCUT2D eigenvalue weighted by molar-refractivity contribution is 6.29. The summed E-state index contributed by atoms with van der Waals surface area (Å²) in [5, 5.41) is 2.97. The van der Waals surface area contributed by atoms with Gasteiger partial charge in [-0.05, 0) is 23.8 Å². The zero-order chi connectivity index (χ0) is 12.0. The lowest BCUT2D eigenvalue weighted by atomic mass is 10.2. The molecule has 1 amide bonds. The Bertz CT molecular complexity index is 427. The number of anilines is 1. The van der Waals surface area contributed by atoms with Crippen LogP contribution in [0.2, 0.25) is 0 Å². The highest BCUT2D eigenvalue weighted by Crippen LogP contribution is 2.07. The second kappa shape index (κ2) is 5.98. The molecule has 1 aromatic rings. The number of nitrogen functional groups attached to an aromatic ring is 1. The molecule has 0 unspecified atom stereocenters. The minimum atomic E-state index is -0.218. The summed E-state index contributed by atoms with van der Waals surface area (Å²) in [6, 6.07) is 7.26. The van der Waals surface area contributed by atoms with Gasteiger partial charge in [0.2, 0.25) is 5.91 Å². The fourth-order valence-corrected chi connectivity index (χ4v) is 1.14. The number of halogens is 1. The van der Waals surface area contributed by atoms with Gasteiger partial charge in [0.15, 0.2) is 0 Å². The van der Waals surface area contributed by atoms with E-state index >= 15 is 0 Å². The van der Waals surface area contributed by atoms with Crippen LogP contribution in [0.15, 0.2) is 42.0 Å². The second-order valence-electron chi connectivity index (χ2n) is 3.24. The van der Waals surface area contributed by atoms with Crippen LogP contribution >= 0.6 is 11.6 Å². The van der Waals surface area contributed by atoms with E-state index in [1.54, 1.807) is 18.2 Å². The van der Waals surface area contributed by atoms with E-state index in [2.05, 4.69) is 11.9 Å². The van der Waals surface area contributed by atoms with Crippen LogP contribution in [-0.4, -0.2) is 12.5 Å². The van der Waals surface area contributed by atoms with Crippen LogP contribution in [-0.2, 0) is 4.79 Å². The number of carbonyl (C=O) groups excluding carboxylic acids is 1. The Labute approximate surface area is 99.6 Å². The number of nitrogens with two attached hydrogens (primary N) is 1. The van der Waals surface area contributed by atoms with Gasteiger partial charge in [-0.25, -0.2) is 0 Å². The quantitative estimate of drug-likeness (QED) is 0.622. The molecule has 3 nitrogen and oxygen atoms in total.